The number of hydrogen-bond donors (Lipinski definition) is 1. The molecule has 0 fully saturated rings. The van der Waals surface area contributed by atoms with Gasteiger partial charge in [0.25, 0.3) is 0 Å². The standard InChI is InChI=1S/C8H9F3N2/c1-6-2-7(4-12-3-6)13-5-8(9,10)11/h2-4,13H,5H2,1H3. The maximum absolute atomic E-state index is 11.8. The van der Waals surface area contributed by atoms with Gasteiger partial charge in [0.2, 0.25) is 0 Å². The molecular weight excluding hydrogens is 181 g/mol. The number of halogens is 3. The molecule has 1 aromatic heterocycles. The molecule has 2 nitrogen and oxygen atoms in total. The first-order valence-corrected chi connectivity index (χ1v) is 3.70. The van der Waals surface area contributed by atoms with Crippen LogP contribution >= 0.6 is 0 Å². The number of nitrogens with one attached hydrogen (secondary N) is 1. The van der Waals surface area contributed by atoms with Gasteiger partial charge in [0, 0.05) is 12.4 Å². The lowest BCUT2D eigenvalue weighted by molar-refractivity contribution is -0.115. The van der Waals surface area contributed by atoms with E-state index in [4.69, 9.17) is 0 Å². The summed E-state index contributed by atoms with van der Waals surface area (Å²) in [5.74, 6) is 0. The molecule has 0 aromatic carbocycles. The van der Waals surface area contributed by atoms with Crippen molar-refractivity contribution in [2.75, 3.05) is 11.9 Å². The largest absolute Gasteiger partial charge is 0.405 e. The van der Waals surface area contributed by atoms with Gasteiger partial charge >= 0.3 is 6.18 Å². The van der Waals surface area contributed by atoms with Gasteiger partial charge in [0.1, 0.15) is 6.54 Å². The van der Waals surface area contributed by atoms with Crippen molar-refractivity contribution in [2.24, 2.45) is 0 Å². The van der Waals surface area contributed by atoms with Crippen molar-refractivity contribution in [2.45, 2.75) is 13.1 Å². The lowest BCUT2D eigenvalue weighted by atomic mass is 10.3. The SMILES string of the molecule is Cc1cncc(NCC(F)(F)F)c1. The predicted molar refractivity (Wildman–Crippen MR) is 43.5 cm³/mol. The third-order valence-electron chi connectivity index (χ3n) is 1.37. The fraction of sp³-hybridized carbons (Fsp3) is 0.375. The van der Waals surface area contributed by atoms with Crippen LogP contribution in [0.2, 0.25) is 0 Å². The van der Waals surface area contributed by atoms with Gasteiger partial charge in [-0.2, -0.15) is 13.2 Å². The molecule has 1 N–H and O–H groups in total. The summed E-state index contributed by atoms with van der Waals surface area (Å²) in [6.45, 7) is 0.740. The third-order valence-corrected chi connectivity index (χ3v) is 1.37. The van der Waals surface area contributed by atoms with E-state index in [0.29, 0.717) is 5.69 Å². The van der Waals surface area contributed by atoms with Crippen LogP contribution in [0.5, 0.6) is 0 Å². The van der Waals surface area contributed by atoms with E-state index in [1.807, 2.05) is 0 Å². The van der Waals surface area contributed by atoms with Crippen LogP contribution in [-0.4, -0.2) is 17.7 Å². The maximum Gasteiger partial charge on any atom is 0.405 e. The van der Waals surface area contributed by atoms with E-state index in [1.165, 1.54) is 6.20 Å². The third kappa shape index (κ3) is 3.78. The Kier molecular flexibility index (Phi) is 2.75. The van der Waals surface area contributed by atoms with Crippen LogP contribution in [0, 0.1) is 6.92 Å². The minimum Gasteiger partial charge on any atom is -0.375 e. The Hall–Kier alpha value is -1.26. The topological polar surface area (TPSA) is 24.9 Å². The molecule has 1 aromatic rings. The Bertz CT molecular complexity index is 283. The quantitative estimate of drug-likeness (QED) is 0.774. The molecule has 0 aliphatic rings. The monoisotopic (exact) mass is 190 g/mol. The second-order valence-electron chi connectivity index (χ2n) is 2.72. The van der Waals surface area contributed by atoms with Gasteiger partial charge in [-0.05, 0) is 18.6 Å². The molecule has 0 saturated carbocycles. The first-order valence-electron chi connectivity index (χ1n) is 3.70. The zero-order valence-corrected chi connectivity index (χ0v) is 7.02. The number of aryl methyl sites for hydroxylation is 1. The van der Waals surface area contributed by atoms with E-state index >= 15 is 0 Å². The average molecular weight is 190 g/mol. The van der Waals surface area contributed by atoms with Crippen LogP contribution in [0.3, 0.4) is 0 Å². The van der Waals surface area contributed by atoms with Gasteiger partial charge in [0.05, 0.1) is 5.69 Å². The highest BCUT2D eigenvalue weighted by atomic mass is 19.4. The summed E-state index contributed by atoms with van der Waals surface area (Å²) >= 11 is 0. The maximum atomic E-state index is 11.8. The normalized spacial score (nSPS) is 11.4. The minimum atomic E-state index is -4.19. The van der Waals surface area contributed by atoms with Crippen LogP contribution < -0.4 is 5.32 Å². The van der Waals surface area contributed by atoms with E-state index in [2.05, 4.69) is 10.3 Å². The summed E-state index contributed by atoms with van der Waals surface area (Å²) in [7, 11) is 0. The molecule has 1 rings (SSSR count). The summed E-state index contributed by atoms with van der Waals surface area (Å²) in [5.41, 5.74) is 1.21. The van der Waals surface area contributed by atoms with Crippen molar-refractivity contribution >= 4 is 5.69 Å². The number of pyridine rings is 1. The van der Waals surface area contributed by atoms with Crippen LogP contribution in [-0.2, 0) is 0 Å². The summed E-state index contributed by atoms with van der Waals surface area (Å²) < 4.78 is 35.3. The fourth-order valence-corrected chi connectivity index (χ4v) is 0.854. The molecule has 0 saturated heterocycles. The van der Waals surface area contributed by atoms with Gasteiger partial charge in [-0.25, -0.2) is 0 Å². The Labute approximate surface area is 73.8 Å². The van der Waals surface area contributed by atoms with Crippen LogP contribution in [0.15, 0.2) is 18.5 Å². The van der Waals surface area contributed by atoms with Crippen molar-refractivity contribution in [1.82, 2.24) is 4.98 Å². The fourth-order valence-electron chi connectivity index (χ4n) is 0.854. The molecule has 0 radical (unpaired) electrons. The second kappa shape index (κ2) is 3.64. The molecule has 13 heavy (non-hydrogen) atoms. The molecule has 0 aliphatic heterocycles. The zero-order valence-electron chi connectivity index (χ0n) is 7.02. The lowest BCUT2D eigenvalue weighted by Crippen LogP contribution is -2.21. The smallest absolute Gasteiger partial charge is 0.375 e. The minimum absolute atomic E-state index is 0.386. The molecule has 0 spiro atoms. The van der Waals surface area contributed by atoms with Crippen molar-refractivity contribution in [3.63, 3.8) is 0 Å². The first-order chi connectivity index (χ1) is 5.97. The van der Waals surface area contributed by atoms with E-state index < -0.39 is 12.7 Å². The van der Waals surface area contributed by atoms with Gasteiger partial charge in [0.15, 0.2) is 0 Å². The van der Waals surface area contributed by atoms with Crippen molar-refractivity contribution < 1.29 is 13.2 Å². The second-order valence-corrected chi connectivity index (χ2v) is 2.72. The number of rotatable bonds is 2. The number of aromatic nitrogens is 1. The molecule has 72 valence electrons. The van der Waals surface area contributed by atoms with Crippen molar-refractivity contribution in [3.05, 3.63) is 24.0 Å². The highest BCUT2D eigenvalue weighted by Gasteiger charge is 2.26. The Morgan fingerprint density at radius 1 is 1.38 bits per heavy atom. The van der Waals surface area contributed by atoms with Crippen LogP contribution in [0.1, 0.15) is 5.56 Å². The van der Waals surface area contributed by atoms with E-state index in [0.717, 1.165) is 5.56 Å². The highest BCUT2D eigenvalue weighted by Crippen LogP contribution is 2.16. The molecule has 1 heterocycles. The molecule has 5 heteroatoms. The average Bonchev–Trinajstić information content (AvgIpc) is 2.00. The molecule has 0 unspecified atom stereocenters. The molecule has 0 aliphatic carbocycles. The van der Waals surface area contributed by atoms with Gasteiger partial charge in [-0.15, -0.1) is 0 Å². The number of anilines is 1. The summed E-state index contributed by atoms with van der Waals surface area (Å²) in [4.78, 5) is 3.76. The van der Waals surface area contributed by atoms with Gasteiger partial charge in [-0.1, -0.05) is 0 Å². The van der Waals surface area contributed by atoms with Crippen molar-refractivity contribution in [3.8, 4) is 0 Å². The number of nitrogens with zero attached hydrogens (tertiary/aromatic N) is 1. The summed E-state index contributed by atoms with van der Waals surface area (Å²) in [6.07, 6.45) is -1.25. The highest BCUT2D eigenvalue weighted by molar-refractivity contribution is 5.42. The Morgan fingerprint density at radius 3 is 2.62 bits per heavy atom. The Morgan fingerprint density at radius 2 is 2.08 bits per heavy atom. The van der Waals surface area contributed by atoms with E-state index in [1.54, 1.807) is 19.2 Å². The number of hydrogen-bond acceptors (Lipinski definition) is 2. The van der Waals surface area contributed by atoms with E-state index in [9.17, 15) is 13.2 Å². The first kappa shape index (κ1) is 9.83. The molecule has 0 atom stereocenters. The number of alkyl halides is 3. The molecule has 0 amide bonds. The lowest BCUT2D eigenvalue weighted by Gasteiger charge is -2.08. The van der Waals surface area contributed by atoms with Gasteiger partial charge in [-0.3, -0.25) is 4.98 Å². The summed E-state index contributed by atoms with van der Waals surface area (Å²) in [5, 5.41) is 2.24. The zero-order chi connectivity index (χ0) is 9.90. The summed E-state index contributed by atoms with van der Waals surface area (Å²) in [6, 6.07) is 1.61. The van der Waals surface area contributed by atoms with Crippen LogP contribution in [0.25, 0.3) is 0 Å². The van der Waals surface area contributed by atoms with E-state index in [-0.39, 0.29) is 0 Å². The molecule has 0 bridgehead atoms. The Balaban J connectivity index is 2.55. The van der Waals surface area contributed by atoms with Crippen LogP contribution in [0.4, 0.5) is 18.9 Å². The predicted octanol–water partition coefficient (Wildman–Crippen LogP) is 2.36. The van der Waals surface area contributed by atoms with Crippen molar-refractivity contribution in [1.29, 1.82) is 0 Å². The molecular formula is C8H9F3N2. The van der Waals surface area contributed by atoms with Gasteiger partial charge < -0.3 is 5.32 Å².